The van der Waals surface area contributed by atoms with Gasteiger partial charge in [-0.05, 0) is 36.0 Å². The molecule has 0 unspecified atom stereocenters. The van der Waals surface area contributed by atoms with Crippen LogP contribution >= 0.6 is 0 Å². The third-order valence-electron chi connectivity index (χ3n) is 4.70. The molecule has 0 aliphatic carbocycles. The summed E-state index contributed by atoms with van der Waals surface area (Å²) in [4.78, 5) is 23.8. The average Bonchev–Trinajstić information content (AvgIpc) is 2.66. The van der Waals surface area contributed by atoms with Gasteiger partial charge in [-0.2, -0.15) is 0 Å². The largest absolute Gasteiger partial charge is 0.299 e. The summed E-state index contributed by atoms with van der Waals surface area (Å²) < 4.78 is 0. The molecule has 0 N–H and O–H groups in total. The van der Waals surface area contributed by atoms with Crippen molar-refractivity contribution in [3.8, 4) is 11.1 Å². The third-order valence-corrected chi connectivity index (χ3v) is 4.70. The molecule has 0 radical (unpaired) electrons. The van der Waals surface area contributed by atoms with Crippen molar-refractivity contribution in [2.24, 2.45) is 0 Å². The highest BCUT2D eigenvalue weighted by atomic mass is 16.1. The zero-order valence-corrected chi connectivity index (χ0v) is 16.1. The summed E-state index contributed by atoms with van der Waals surface area (Å²) in [6.45, 7) is 4.18. The van der Waals surface area contributed by atoms with Crippen LogP contribution in [0.25, 0.3) is 11.1 Å². The van der Waals surface area contributed by atoms with E-state index >= 15 is 0 Å². The standard InChI is InChI=1S/C24H30O2/c1-3-5-6-7-9-19-10-12-20(13-11-19)21-14-16-22(17-15-21)24(26)18-23(25)8-4-2/h10-17H,3-9,18H2,1-2H3. The van der Waals surface area contributed by atoms with Gasteiger partial charge in [-0.1, -0.05) is 81.6 Å². The van der Waals surface area contributed by atoms with Crippen molar-refractivity contribution in [3.63, 3.8) is 0 Å². The van der Waals surface area contributed by atoms with Crippen molar-refractivity contribution in [2.75, 3.05) is 0 Å². The minimum Gasteiger partial charge on any atom is -0.299 e. The zero-order chi connectivity index (χ0) is 18.8. The van der Waals surface area contributed by atoms with Gasteiger partial charge in [0, 0.05) is 12.0 Å². The van der Waals surface area contributed by atoms with Gasteiger partial charge in [0.05, 0.1) is 6.42 Å². The number of hydrogen-bond donors (Lipinski definition) is 0. The smallest absolute Gasteiger partial charge is 0.170 e. The van der Waals surface area contributed by atoms with Crippen LogP contribution in [0.1, 0.15) is 74.7 Å². The fraction of sp³-hybridized carbons (Fsp3) is 0.417. The van der Waals surface area contributed by atoms with Crippen molar-refractivity contribution in [3.05, 3.63) is 59.7 Å². The summed E-state index contributed by atoms with van der Waals surface area (Å²) >= 11 is 0. The van der Waals surface area contributed by atoms with Gasteiger partial charge < -0.3 is 0 Å². The van der Waals surface area contributed by atoms with Crippen LogP contribution in [0.4, 0.5) is 0 Å². The van der Waals surface area contributed by atoms with E-state index < -0.39 is 0 Å². The second-order valence-corrected chi connectivity index (χ2v) is 6.97. The van der Waals surface area contributed by atoms with E-state index in [0.29, 0.717) is 12.0 Å². The van der Waals surface area contributed by atoms with Gasteiger partial charge in [-0.15, -0.1) is 0 Å². The van der Waals surface area contributed by atoms with E-state index in [1.54, 1.807) is 0 Å². The molecule has 0 heterocycles. The number of aryl methyl sites for hydroxylation is 1. The Balaban J connectivity index is 1.95. The summed E-state index contributed by atoms with van der Waals surface area (Å²) in [7, 11) is 0. The summed E-state index contributed by atoms with van der Waals surface area (Å²) in [5.41, 5.74) is 4.25. The molecule has 0 bridgehead atoms. The number of ketones is 2. The molecule has 0 fully saturated rings. The first-order chi connectivity index (χ1) is 12.6. The van der Waals surface area contributed by atoms with Crippen LogP contribution in [0.15, 0.2) is 48.5 Å². The van der Waals surface area contributed by atoms with Crippen LogP contribution in [-0.2, 0) is 11.2 Å². The summed E-state index contributed by atoms with van der Waals surface area (Å²) in [5, 5.41) is 0. The quantitative estimate of drug-likeness (QED) is 0.266. The topological polar surface area (TPSA) is 34.1 Å². The normalized spacial score (nSPS) is 10.7. The molecule has 2 aromatic carbocycles. The number of carbonyl (C=O) groups is 2. The number of rotatable bonds is 11. The predicted molar refractivity (Wildman–Crippen MR) is 109 cm³/mol. The summed E-state index contributed by atoms with van der Waals surface area (Å²) in [5.74, 6) is -0.0615. The van der Waals surface area contributed by atoms with E-state index in [-0.39, 0.29) is 18.0 Å². The Kier molecular flexibility index (Phi) is 8.27. The highest BCUT2D eigenvalue weighted by molar-refractivity contribution is 6.08. The minimum atomic E-state index is -0.0857. The highest BCUT2D eigenvalue weighted by Crippen LogP contribution is 2.21. The van der Waals surface area contributed by atoms with E-state index in [2.05, 4.69) is 31.2 Å². The lowest BCUT2D eigenvalue weighted by Crippen LogP contribution is -2.07. The van der Waals surface area contributed by atoms with Gasteiger partial charge >= 0.3 is 0 Å². The minimum absolute atomic E-state index is 0.0138. The molecule has 2 aromatic rings. The van der Waals surface area contributed by atoms with Crippen molar-refractivity contribution < 1.29 is 9.59 Å². The molecule has 26 heavy (non-hydrogen) atoms. The Morgan fingerprint density at radius 1 is 0.731 bits per heavy atom. The van der Waals surface area contributed by atoms with Crippen molar-refractivity contribution in [1.82, 2.24) is 0 Å². The van der Waals surface area contributed by atoms with Gasteiger partial charge in [0.2, 0.25) is 0 Å². The maximum Gasteiger partial charge on any atom is 0.170 e. The van der Waals surface area contributed by atoms with Crippen LogP contribution in [0, 0.1) is 0 Å². The van der Waals surface area contributed by atoms with Crippen molar-refractivity contribution in [2.45, 2.75) is 65.2 Å². The van der Waals surface area contributed by atoms with E-state index in [4.69, 9.17) is 0 Å². The molecule has 0 aliphatic rings. The average molecular weight is 351 g/mol. The van der Waals surface area contributed by atoms with Gasteiger partial charge in [-0.3, -0.25) is 9.59 Å². The summed E-state index contributed by atoms with van der Waals surface area (Å²) in [6, 6.07) is 16.3. The third kappa shape index (κ3) is 6.25. The van der Waals surface area contributed by atoms with Crippen LogP contribution < -0.4 is 0 Å². The molecule has 0 aliphatic heterocycles. The highest BCUT2D eigenvalue weighted by Gasteiger charge is 2.11. The number of unbranched alkanes of at least 4 members (excludes halogenated alkanes) is 3. The second kappa shape index (κ2) is 10.7. The lowest BCUT2D eigenvalue weighted by atomic mass is 9.98. The monoisotopic (exact) mass is 350 g/mol. The molecule has 0 spiro atoms. The molecule has 0 saturated carbocycles. The predicted octanol–water partition coefficient (Wildman–Crippen LogP) is 6.42. The Hall–Kier alpha value is -2.22. The second-order valence-electron chi connectivity index (χ2n) is 6.97. The van der Waals surface area contributed by atoms with E-state index in [0.717, 1.165) is 24.0 Å². The number of Topliss-reactive ketones (excluding diaryl/α,β-unsaturated/α-hetero) is 2. The Labute approximate surface area is 157 Å². The molecule has 2 rings (SSSR count). The van der Waals surface area contributed by atoms with Gasteiger partial charge in [0.1, 0.15) is 5.78 Å². The molecule has 0 saturated heterocycles. The van der Waals surface area contributed by atoms with Gasteiger partial charge in [0.25, 0.3) is 0 Å². The molecular formula is C24H30O2. The fourth-order valence-electron chi connectivity index (χ4n) is 3.12. The van der Waals surface area contributed by atoms with Crippen LogP contribution in [0.2, 0.25) is 0 Å². The number of benzene rings is 2. The first-order valence-electron chi connectivity index (χ1n) is 9.88. The number of hydrogen-bond acceptors (Lipinski definition) is 2. The maximum absolute atomic E-state index is 12.1. The zero-order valence-electron chi connectivity index (χ0n) is 16.1. The SMILES string of the molecule is CCCCCCc1ccc(-c2ccc(C(=O)CC(=O)CCC)cc2)cc1. The first-order valence-corrected chi connectivity index (χ1v) is 9.88. The molecule has 0 aromatic heterocycles. The van der Waals surface area contributed by atoms with Crippen LogP contribution in [0.3, 0.4) is 0 Å². The van der Waals surface area contributed by atoms with E-state index in [1.807, 2.05) is 31.2 Å². The maximum atomic E-state index is 12.1. The van der Waals surface area contributed by atoms with Gasteiger partial charge in [-0.25, -0.2) is 0 Å². The molecule has 0 amide bonds. The number of carbonyl (C=O) groups excluding carboxylic acids is 2. The molecule has 2 nitrogen and oxygen atoms in total. The van der Waals surface area contributed by atoms with Crippen molar-refractivity contribution in [1.29, 1.82) is 0 Å². The van der Waals surface area contributed by atoms with Crippen LogP contribution in [0.5, 0.6) is 0 Å². The molecule has 138 valence electrons. The first kappa shape index (κ1) is 20.1. The van der Waals surface area contributed by atoms with Gasteiger partial charge in [0.15, 0.2) is 5.78 Å². The summed E-state index contributed by atoms with van der Waals surface area (Å²) in [6.07, 6.45) is 7.56. The Bertz CT molecular complexity index is 696. The molecular weight excluding hydrogens is 320 g/mol. The fourth-order valence-corrected chi connectivity index (χ4v) is 3.12. The van der Waals surface area contributed by atoms with E-state index in [9.17, 15) is 9.59 Å². The molecule has 0 atom stereocenters. The molecule has 2 heteroatoms. The lowest BCUT2D eigenvalue weighted by molar-refractivity contribution is -0.118. The van der Waals surface area contributed by atoms with Crippen molar-refractivity contribution >= 4 is 11.6 Å². The Morgan fingerprint density at radius 2 is 1.35 bits per heavy atom. The van der Waals surface area contributed by atoms with Crippen LogP contribution in [-0.4, -0.2) is 11.6 Å². The van der Waals surface area contributed by atoms with E-state index in [1.165, 1.54) is 31.2 Å². The Morgan fingerprint density at radius 3 is 1.92 bits per heavy atom. The lowest BCUT2D eigenvalue weighted by Gasteiger charge is -2.06.